The Hall–Kier alpha value is -2.80. The summed E-state index contributed by atoms with van der Waals surface area (Å²) in [7, 11) is 1.94. The van der Waals surface area contributed by atoms with Gasteiger partial charge in [0.25, 0.3) is 5.56 Å². The van der Waals surface area contributed by atoms with Gasteiger partial charge in [-0.1, -0.05) is 44.4 Å². The highest BCUT2D eigenvalue weighted by molar-refractivity contribution is 5.85. The van der Waals surface area contributed by atoms with Crippen molar-refractivity contribution in [2.24, 2.45) is 0 Å². The molecule has 0 aliphatic carbocycles. The number of hydrogen-bond acceptors (Lipinski definition) is 4. The minimum absolute atomic E-state index is 0.224. The lowest BCUT2D eigenvalue weighted by atomic mass is 9.94. The van der Waals surface area contributed by atoms with E-state index in [1.807, 2.05) is 30.1 Å². The van der Waals surface area contributed by atoms with Gasteiger partial charge >= 0.3 is 5.69 Å². The van der Waals surface area contributed by atoms with Crippen molar-refractivity contribution in [3.05, 3.63) is 61.9 Å². The van der Waals surface area contributed by atoms with Crippen LogP contribution in [0.3, 0.4) is 0 Å². The number of unbranched alkanes of at least 4 members (excludes halogenated alkanes) is 3. The summed E-state index contributed by atoms with van der Waals surface area (Å²) in [6.07, 6.45) is 4.79. The molecular weight excluding hydrogens is 368 g/mol. The second-order valence-corrected chi connectivity index (χ2v) is 7.90. The van der Waals surface area contributed by atoms with E-state index in [2.05, 4.69) is 23.0 Å². The summed E-state index contributed by atoms with van der Waals surface area (Å²) in [6, 6.07) is 7.64. The number of rotatable bonds is 6. The predicted molar refractivity (Wildman–Crippen MR) is 114 cm³/mol. The highest BCUT2D eigenvalue weighted by Gasteiger charge is 2.34. The van der Waals surface area contributed by atoms with Crippen LogP contribution in [0.5, 0.6) is 5.88 Å². The average Bonchev–Trinajstić information content (AvgIpc) is 3.07. The number of likely N-dealkylation sites (N-methyl/N-ethyl adjacent to an activating group) is 1. The van der Waals surface area contributed by atoms with Crippen LogP contribution in [0.25, 0.3) is 10.9 Å². The van der Waals surface area contributed by atoms with Gasteiger partial charge in [-0.05, 0) is 31.5 Å². The molecule has 29 heavy (non-hydrogen) atoms. The Kier molecular flexibility index (Phi) is 5.32. The van der Waals surface area contributed by atoms with Crippen LogP contribution in [-0.4, -0.2) is 38.1 Å². The molecule has 4 rings (SSSR count). The number of para-hydroxylation sites is 1. The van der Waals surface area contributed by atoms with Crippen LogP contribution in [0.1, 0.15) is 55.5 Å². The topological polar surface area (TPSA) is 94.1 Å². The fourth-order valence-corrected chi connectivity index (χ4v) is 4.45. The third-order valence-electron chi connectivity index (χ3n) is 5.99. The summed E-state index contributed by atoms with van der Waals surface area (Å²) < 4.78 is 1.30. The minimum atomic E-state index is -0.553. The number of nitrogens with one attached hydrogen (secondary N) is 2. The van der Waals surface area contributed by atoms with Crippen LogP contribution in [-0.2, 0) is 13.0 Å². The maximum Gasteiger partial charge on any atom is 0.331 e. The predicted octanol–water partition coefficient (Wildman–Crippen LogP) is 2.88. The van der Waals surface area contributed by atoms with Crippen molar-refractivity contribution in [2.45, 2.75) is 51.6 Å². The highest BCUT2D eigenvalue weighted by Crippen LogP contribution is 2.38. The molecule has 3 heterocycles. The van der Waals surface area contributed by atoms with Crippen LogP contribution < -0.4 is 11.2 Å². The van der Waals surface area contributed by atoms with Gasteiger partial charge in [0.2, 0.25) is 5.88 Å². The standard InChI is InChI=1S/C22H28N4O3/c1-3-4-5-8-12-26-21(28)17(20(27)24-22(26)29)19-18-15(11-13-25(19)2)14-9-6-7-10-16(14)23-18/h6-7,9-10,19,23,28H,3-5,8,11-13H2,1-2H3,(H,24,27,29). The van der Waals surface area contributed by atoms with Crippen LogP contribution in [0.4, 0.5) is 0 Å². The van der Waals surface area contributed by atoms with Gasteiger partial charge in [-0.2, -0.15) is 0 Å². The molecule has 0 saturated carbocycles. The Bertz CT molecular complexity index is 1140. The number of aromatic nitrogens is 3. The van der Waals surface area contributed by atoms with E-state index < -0.39 is 17.3 Å². The summed E-state index contributed by atoms with van der Waals surface area (Å²) in [5.41, 5.74) is 2.25. The van der Waals surface area contributed by atoms with Gasteiger partial charge in [-0.15, -0.1) is 0 Å². The first kappa shape index (κ1) is 19.5. The lowest BCUT2D eigenvalue weighted by Crippen LogP contribution is -2.40. The fraction of sp³-hybridized carbons (Fsp3) is 0.455. The quantitative estimate of drug-likeness (QED) is 0.559. The van der Waals surface area contributed by atoms with E-state index in [4.69, 9.17) is 0 Å². The Morgan fingerprint density at radius 1 is 1.14 bits per heavy atom. The van der Waals surface area contributed by atoms with E-state index in [1.165, 1.54) is 10.1 Å². The normalized spacial score (nSPS) is 17.0. The largest absolute Gasteiger partial charge is 0.494 e. The van der Waals surface area contributed by atoms with Crippen molar-refractivity contribution < 1.29 is 5.11 Å². The molecule has 7 nitrogen and oxygen atoms in total. The van der Waals surface area contributed by atoms with Crippen molar-refractivity contribution in [3.8, 4) is 5.88 Å². The highest BCUT2D eigenvalue weighted by atomic mass is 16.3. The van der Waals surface area contributed by atoms with Crippen LogP contribution >= 0.6 is 0 Å². The number of aromatic amines is 2. The van der Waals surface area contributed by atoms with Crippen molar-refractivity contribution in [1.82, 2.24) is 19.4 Å². The second-order valence-electron chi connectivity index (χ2n) is 7.90. The van der Waals surface area contributed by atoms with E-state index in [0.29, 0.717) is 6.54 Å². The first-order chi connectivity index (χ1) is 14.0. The summed E-state index contributed by atoms with van der Waals surface area (Å²) in [4.78, 5) is 33.1. The Labute approximate surface area is 169 Å². The Balaban J connectivity index is 1.82. The lowest BCUT2D eigenvalue weighted by molar-refractivity contribution is 0.249. The molecule has 1 unspecified atom stereocenters. The molecule has 0 saturated heterocycles. The molecule has 1 aliphatic heterocycles. The van der Waals surface area contributed by atoms with Gasteiger partial charge in [-0.3, -0.25) is 19.2 Å². The van der Waals surface area contributed by atoms with Crippen LogP contribution in [0.15, 0.2) is 33.9 Å². The molecule has 1 atom stereocenters. The lowest BCUT2D eigenvalue weighted by Gasteiger charge is -2.33. The Morgan fingerprint density at radius 2 is 1.93 bits per heavy atom. The van der Waals surface area contributed by atoms with E-state index in [1.54, 1.807) is 0 Å². The van der Waals surface area contributed by atoms with E-state index in [9.17, 15) is 14.7 Å². The molecule has 1 aromatic carbocycles. The molecule has 154 valence electrons. The fourth-order valence-electron chi connectivity index (χ4n) is 4.45. The maximum atomic E-state index is 12.8. The molecule has 7 heteroatoms. The first-order valence-corrected chi connectivity index (χ1v) is 10.4. The van der Waals surface area contributed by atoms with Crippen molar-refractivity contribution in [3.63, 3.8) is 0 Å². The molecule has 1 aliphatic rings. The van der Waals surface area contributed by atoms with Gasteiger partial charge in [-0.25, -0.2) is 4.79 Å². The van der Waals surface area contributed by atoms with Gasteiger partial charge in [0, 0.05) is 29.7 Å². The first-order valence-electron chi connectivity index (χ1n) is 10.4. The van der Waals surface area contributed by atoms with Crippen LogP contribution in [0, 0.1) is 0 Å². The zero-order chi connectivity index (χ0) is 20.5. The molecule has 0 radical (unpaired) electrons. The van der Waals surface area contributed by atoms with Gasteiger partial charge in [0.15, 0.2) is 0 Å². The van der Waals surface area contributed by atoms with E-state index in [0.717, 1.165) is 55.2 Å². The molecule has 0 bridgehead atoms. The maximum absolute atomic E-state index is 12.8. The SMILES string of the molecule is CCCCCCn1c(O)c(C2c3[nH]c4ccccc4c3CCN2C)c(=O)[nH]c1=O. The molecular formula is C22H28N4O3. The molecule has 2 aromatic heterocycles. The van der Waals surface area contributed by atoms with E-state index >= 15 is 0 Å². The minimum Gasteiger partial charge on any atom is -0.494 e. The third kappa shape index (κ3) is 3.40. The monoisotopic (exact) mass is 396 g/mol. The Morgan fingerprint density at radius 3 is 2.72 bits per heavy atom. The molecule has 0 amide bonds. The third-order valence-corrected chi connectivity index (χ3v) is 5.99. The van der Waals surface area contributed by atoms with E-state index in [-0.39, 0.29) is 11.4 Å². The molecule has 3 aromatic rings. The number of nitrogens with zero attached hydrogens (tertiary/aromatic N) is 2. The number of hydrogen-bond donors (Lipinski definition) is 3. The summed E-state index contributed by atoms with van der Waals surface area (Å²) in [5, 5.41) is 12.1. The van der Waals surface area contributed by atoms with Gasteiger partial charge < -0.3 is 10.1 Å². The van der Waals surface area contributed by atoms with Crippen molar-refractivity contribution in [1.29, 1.82) is 0 Å². The van der Waals surface area contributed by atoms with Crippen molar-refractivity contribution in [2.75, 3.05) is 13.6 Å². The zero-order valence-electron chi connectivity index (χ0n) is 17.0. The number of H-pyrrole nitrogens is 2. The molecule has 3 N–H and O–H groups in total. The van der Waals surface area contributed by atoms with Gasteiger partial charge in [0.05, 0.1) is 6.04 Å². The summed E-state index contributed by atoms with van der Waals surface area (Å²) in [6.45, 7) is 3.27. The van der Waals surface area contributed by atoms with Gasteiger partial charge in [0.1, 0.15) is 5.56 Å². The summed E-state index contributed by atoms with van der Waals surface area (Å²) >= 11 is 0. The molecule has 0 fully saturated rings. The average molecular weight is 396 g/mol. The number of aromatic hydroxyl groups is 1. The molecule has 0 spiro atoms. The second kappa shape index (κ2) is 7.91. The number of fused-ring (bicyclic) bond motifs is 3. The van der Waals surface area contributed by atoms with Crippen molar-refractivity contribution >= 4 is 10.9 Å². The summed E-state index contributed by atoms with van der Waals surface area (Å²) in [5.74, 6) is -0.224. The smallest absolute Gasteiger partial charge is 0.331 e. The zero-order valence-corrected chi connectivity index (χ0v) is 17.0. The van der Waals surface area contributed by atoms with Crippen LogP contribution in [0.2, 0.25) is 0 Å². The number of benzene rings is 1.